The van der Waals surface area contributed by atoms with Crippen molar-refractivity contribution in [1.82, 2.24) is 19.9 Å². The van der Waals surface area contributed by atoms with Crippen molar-refractivity contribution in [3.8, 4) is 0 Å². The number of morpholine rings is 1. The lowest BCUT2D eigenvalue weighted by Crippen LogP contribution is -2.38. The Labute approximate surface area is 143 Å². The first-order chi connectivity index (χ1) is 11.5. The van der Waals surface area contributed by atoms with Gasteiger partial charge < -0.3 is 19.1 Å². The molecule has 1 amide bonds. The largest absolute Gasteiger partial charge is 0.379 e. The highest BCUT2D eigenvalue weighted by atomic mass is 16.5. The molecule has 24 heavy (non-hydrogen) atoms. The second-order valence-electron chi connectivity index (χ2n) is 7.53. The van der Waals surface area contributed by atoms with E-state index in [4.69, 9.17) is 9.26 Å². The number of aromatic nitrogens is 1. The van der Waals surface area contributed by atoms with E-state index in [-0.39, 0.29) is 11.3 Å². The summed E-state index contributed by atoms with van der Waals surface area (Å²) in [5.74, 6) is 0.670. The number of rotatable bonds is 5. The quantitative estimate of drug-likeness (QED) is 0.797. The van der Waals surface area contributed by atoms with Gasteiger partial charge in [-0.25, -0.2) is 0 Å². The third kappa shape index (κ3) is 4.15. The van der Waals surface area contributed by atoms with Crippen LogP contribution in [0.4, 0.5) is 0 Å². The maximum absolute atomic E-state index is 12.6. The van der Waals surface area contributed by atoms with Gasteiger partial charge in [-0.3, -0.25) is 9.69 Å². The molecule has 7 nitrogen and oxygen atoms in total. The van der Waals surface area contributed by atoms with E-state index in [0.29, 0.717) is 12.2 Å². The Morgan fingerprint density at radius 2 is 2.12 bits per heavy atom. The molecule has 0 spiro atoms. The van der Waals surface area contributed by atoms with E-state index in [1.165, 1.54) is 0 Å². The minimum Gasteiger partial charge on any atom is -0.379 e. The second-order valence-corrected chi connectivity index (χ2v) is 7.53. The van der Waals surface area contributed by atoms with E-state index in [9.17, 15) is 4.79 Å². The fourth-order valence-electron chi connectivity index (χ4n) is 3.71. The zero-order valence-electron chi connectivity index (χ0n) is 15.0. The number of hydrogen-bond donors (Lipinski definition) is 0. The van der Waals surface area contributed by atoms with Gasteiger partial charge in [0.1, 0.15) is 0 Å². The summed E-state index contributed by atoms with van der Waals surface area (Å²) in [7, 11) is 3.98. The van der Waals surface area contributed by atoms with Crippen molar-refractivity contribution in [1.29, 1.82) is 0 Å². The first-order valence-corrected chi connectivity index (χ1v) is 8.65. The maximum Gasteiger partial charge on any atom is 0.275 e. The number of amides is 1. The first-order valence-electron chi connectivity index (χ1n) is 8.65. The number of nitrogens with zero attached hydrogens (tertiary/aromatic N) is 4. The summed E-state index contributed by atoms with van der Waals surface area (Å²) in [6.07, 6.45) is 1.11. The van der Waals surface area contributed by atoms with Gasteiger partial charge in [-0.15, -0.1) is 0 Å². The van der Waals surface area contributed by atoms with Crippen molar-refractivity contribution < 1.29 is 14.1 Å². The van der Waals surface area contributed by atoms with E-state index < -0.39 is 0 Å². The van der Waals surface area contributed by atoms with Crippen molar-refractivity contribution in [3.63, 3.8) is 0 Å². The molecule has 0 bridgehead atoms. The van der Waals surface area contributed by atoms with Crippen molar-refractivity contribution >= 4 is 5.91 Å². The highest BCUT2D eigenvalue weighted by Crippen LogP contribution is 2.29. The highest BCUT2D eigenvalue weighted by Gasteiger charge is 2.34. The van der Waals surface area contributed by atoms with Crippen molar-refractivity contribution in [3.05, 3.63) is 17.5 Å². The van der Waals surface area contributed by atoms with Gasteiger partial charge in [-0.1, -0.05) is 12.1 Å². The van der Waals surface area contributed by atoms with Crippen molar-refractivity contribution in [2.75, 3.05) is 60.0 Å². The van der Waals surface area contributed by atoms with Crippen molar-refractivity contribution in [2.45, 2.75) is 19.9 Å². The monoisotopic (exact) mass is 336 g/mol. The number of likely N-dealkylation sites (tertiary alicyclic amines) is 1. The van der Waals surface area contributed by atoms with Crippen LogP contribution in [-0.4, -0.2) is 85.8 Å². The summed E-state index contributed by atoms with van der Waals surface area (Å²) in [5.41, 5.74) is 0.551. The summed E-state index contributed by atoms with van der Waals surface area (Å²) < 4.78 is 10.7. The number of ether oxygens (including phenoxy) is 1. The van der Waals surface area contributed by atoms with Crippen LogP contribution in [0.2, 0.25) is 0 Å². The lowest BCUT2D eigenvalue weighted by molar-refractivity contribution is 0.0305. The Bertz CT molecular complexity index is 570. The fourth-order valence-corrected chi connectivity index (χ4v) is 3.71. The summed E-state index contributed by atoms with van der Waals surface area (Å²) in [4.78, 5) is 19.0. The van der Waals surface area contributed by atoms with E-state index in [2.05, 4.69) is 28.9 Å². The predicted molar refractivity (Wildman–Crippen MR) is 89.8 cm³/mol. The topological polar surface area (TPSA) is 62.0 Å². The highest BCUT2D eigenvalue weighted by molar-refractivity contribution is 5.92. The molecule has 0 radical (unpaired) electrons. The molecule has 3 rings (SSSR count). The van der Waals surface area contributed by atoms with Crippen LogP contribution in [0.1, 0.15) is 29.6 Å². The van der Waals surface area contributed by atoms with E-state index in [0.717, 1.165) is 58.1 Å². The van der Waals surface area contributed by atoms with Crippen LogP contribution in [0.5, 0.6) is 0 Å². The van der Waals surface area contributed by atoms with Crippen LogP contribution in [0.3, 0.4) is 0 Å². The maximum atomic E-state index is 12.6. The van der Waals surface area contributed by atoms with Crippen LogP contribution < -0.4 is 0 Å². The van der Waals surface area contributed by atoms with Gasteiger partial charge in [0.25, 0.3) is 5.91 Å². The first kappa shape index (κ1) is 17.4. The molecule has 1 aromatic heterocycles. The van der Waals surface area contributed by atoms with Gasteiger partial charge in [0.05, 0.1) is 19.8 Å². The Morgan fingerprint density at radius 3 is 2.79 bits per heavy atom. The van der Waals surface area contributed by atoms with Gasteiger partial charge in [0, 0.05) is 39.3 Å². The molecule has 2 fully saturated rings. The summed E-state index contributed by atoms with van der Waals surface area (Å²) in [5, 5.41) is 3.98. The number of carbonyl (C=O) groups excluding carboxylic acids is 1. The molecule has 2 saturated heterocycles. The van der Waals surface area contributed by atoms with Crippen LogP contribution in [-0.2, 0) is 11.3 Å². The molecular formula is C17H28N4O3. The SMILES string of the molecule is CN1CC[C@@](C)(CN(C)C(=O)c2cc(CN3CCOCC3)on2)C1. The molecule has 3 heterocycles. The van der Waals surface area contributed by atoms with Crippen molar-refractivity contribution in [2.24, 2.45) is 5.41 Å². The van der Waals surface area contributed by atoms with Gasteiger partial charge in [-0.05, 0) is 25.4 Å². The average molecular weight is 336 g/mol. The minimum absolute atomic E-state index is 0.0669. The Hall–Kier alpha value is -1.44. The number of carbonyl (C=O) groups is 1. The molecule has 0 aromatic carbocycles. The predicted octanol–water partition coefficient (Wildman–Crippen LogP) is 0.921. The molecule has 134 valence electrons. The molecular weight excluding hydrogens is 308 g/mol. The van der Waals surface area contributed by atoms with Gasteiger partial charge in [0.15, 0.2) is 11.5 Å². The zero-order valence-corrected chi connectivity index (χ0v) is 15.0. The van der Waals surface area contributed by atoms with Gasteiger partial charge in [0.2, 0.25) is 0 Å². The minimum atomic E-state index is -0.0669. The van der Waals surface area contributed by atoms with Crippen LogP contribution in [0, 0.1) is 5.41 Å². The third-order valence-corrected chi connectivity index (χ3v) is 4.98. The molecule has 0 unspecified atom stereocenters. The van der Waals surface area contributed by atoms with E-state index in [1.807, 2.05) is 7.05 Å². The van der Waals surface area contributed by atoms with Gasteiger partial charge >= 0.3 is 0 Å². The summed E-state index contributed by atoms with van der Waals surface area (Å²) in [6, 6.07) is 1.78. The Morgan fingerprint density at radius 1 is 1.38 bits per heavy atom. The Balaban J connectivity index is 1.56. The lowest BCUT2D eigenvalue weighted by atomic mass is 9.89. The normalized spacial score (nSPS) is 26.0. The summed E-state index contributed by atoms with van der Waals surface area (Å²) >= 11 is 0. The van der Waals surface area contributed by atoms with Crippen LogP contribution in [0.15, 0.2) is 10.6 Å². The Kier molecular flexibility index (Phi) is 5.22. The molecule has 1 aromatic rings. The number of hydrogen-bond acceptors (Lipinski definition) is 6. The smallest absolute Gasteiger partial charge is 0.275 e. The van der Waals surface area contributed by atoms with Crippen LogP contribution >= 0.6 is 0 Å². The lowest BCUT2D eigenvalue weighted by Gasteiger charge is -2.29. The molecule has 0 aliphatic carbocycles. The third-order valence-electron chi connectivity index (χ3n) is 4.98. The van der Waals surface area contributed by atoms with Crippen LogP contribution in [0.25, 0.3) is 0 Å². The standard InChI is InChI=1S/C17H28N4O3/c1-17(4-5-19(2)12-17)13-20(3)16(22)15-10-14(24-18-15)11-21-6-8-23-9-7-21/h10H,4-9,11-13H2,1-3H3/t17-/m1/s1. The molecule has 2 aliphatic heterocycles. The molecule has 0 N–H and O–H groups in total. The second kappa shape index (κ2) is 7.21. The van der Waals surface area contributed by atoms with E-state index >= 15 is 0 Å². The molecule has 7 heteroatoms. The summed E-state index contributed by atoms with van der Waals surface area (Å²) in [6.45, 7) is 9.03. The zero-order chi connectivity index (χ0) is 17.2. The molecule has 1 atom stereocenters. The average Bonchev–Trinajstić information content (AvgIpc) is 3.14. The van der Waals surface area contributed by atoms with E-state index in [1.54, 1.807) is 11.0 Å². The molecule has 2 aliphatic rings. The van der Waals surface area contributed by atoms with Gasteiger partial charge in [-0.2, -0.15) is 0 Å². The molecule has 0 saturated carbocycles. The fraction of sp³-hybridized carbons (Fsp3) is 0.765.